The van der Waals surface area contributed by atoms with Crippen LogP contribution in [0.2, 0.25) is 5.15 Å². The lowest BCUT2D eigenvalue weighted by Gasteiger charge is -2.38. The Morgan fingerprint density at radius 1 is 1.00 bits per heavy atom. The van der Waals surface area contributed by atoms with Gasteiger partial charge in [-0.2, -0.15) is 0 Å². The molecule has 0 bridgehead atoms. The number of likely N-dealkylation sites (tertiary alicyclic amines) is 1. The van der Waals surface area contributed by atoms with Crippen LogP contribution in [0.4, 0.5) is 4.79 Å². The third-order valence-electron chi connectivity index (χ3n) is 5.41. The van der Waals surface area contributed by atoms with Gasteiger partial charge in [-0.25, -0.2) is 14.6 Å². The number of nitrogens with zero attached hydrogens (tertiary/aromatic N) is 2. The molecule has 0 spiro atoms. The number of esters is 1. The highest BCUT2D eigenvalue weighted by atomic mass is 35.5. The molecule has 0 aliphatic carbocycles. The minimum atomic E-state index is -0.415. The van der Waals surface area contributed by atoms with Gasteiger partial charge in [0, 0.05) is 25.6 Å². The van der Waals surface area contributed by atoms with E-state index in [2.05, 4.69) is 4.98 Å². The number of piperidine rings is 1. The molecule has 1 fully saturated rings. The summed E-state index contributed by atoms with van der Waals surface area (Å²) in [6.45, 7) is 0.585. The molecule has 1 aliphatic rings. The van der Waals surface area contributed by atoms with Crippen molar-refractivity contribution >= 4 is 23.7 Å². The van der Waals surface area contributed by atoms with Crippen molar-refractivity contribution in [3.05, 3.63) is 101 Å². The van der Waals surface area contributed by atoms with Crippen molar-refractivity contribution in [3.8, 4) is 0 Å². The van der Waals surface area contributed by atoms with Gasteiger partial charge in [-0.1, -0.05) is 66.2 Å². The highest BCUT2D eigenvalue weighted by Gasteiger charge is 2.35. The van der Waals surface area contributed by atoms with Crippen LogP contribution in [0.25, 0.3) is 0 Å². The van der Waals surface area contributed by atoms with Gasteiger partial charge >= 0.3 is 12.1 Å². The number of amides is 1. The second-order valence-corrected chi connectivity index (χ2v) is 7.97. The van der Waals surface area contributed by atoms with Crippen molar-refractivity contribution in [2.45, 2.75) is 31.6 Å². The Balaban J connectivity index is 1.47. The Bertz CT molecular complexity index is 1040. The van der Waals surface area contributed by atoms with E-state index in [4.69, 9.17) is 21.1 Å². The fourth-order valence-corrected chi connectivity index (χ4v) is 3.87. The smallest absolute Gasteiger partial charge is 0.410 e. The lowest BCUT2D eigenvalue weighted by atomic mass is 9.94. The Morgan fingerprint density at radius 3 is 2.41 bits per heavy atom. The lowest BCUT2D eigenvalue weighted by Crippen LogP contribution is -2.44. The molecule has 32 heavy (non-hydrogen) atoms. The molecular weight excluding hydrogens is 428 g/mol. The van der Waals surface area contributed by atoms with E-state index in [0.717, 1.165) is 11.1 Å². The quantitative estimate of drug-likeness (QED) is 0.382. The van der Waals surface area contributed by atoms with Crippen LogP contribution in [-0.4, -0.2) is 34.6 Å². The Hall–Kier alpha value is -3.38. The molecule has 6 nitrogen and oxygen atoms in total. The van der Waals surface area contributed by atoms with Gasteiger partial charge in [-0.05, 0) is 29.3 Å². The van der Waals surface area contributed by atoms with Crippen LogP contribution >= 0.6 is 11.6 Å². The van der Waals surface area contributed by atoms with Crippen LogP contribution in [0.15, 0.2) is 79.0 Å². The van der Waals surface area contributed by atoms with Gasteiger partial charge in [0.05, 0.1) is 11.6 Å². The summed E-state index contributed by atoms with van der Waals surface area (Å²) in [7, 11) is 0. The van der Waals surface area contributed by atoms with Crippen molar-refractivity contribution in [1.82, 2.24) is 9.88 Å². The first-order valence-electron chi connectivity index (χ1n) is 10.4. The first-order valence-corrected chi connectivity index (χ1v) is 10.8. The van der Waals surface area contributed by atoms with Crippen LogP contribution in [0.1, 0.15) is 40.4 Å². The van der Waals surface area contributed by atoms with E-state index < -0.39 is 6.09 Å². The molecule has 2 aromatic carbocycles. The predicted molar refractivity (Wildman–Crippen MR) is 120 cm³/mol. The van der Waals surface area contributed by atoms with Gasteiger partial charge in [0.25, 0.3) is 0 Å². The molecule has 4 rings (SSSR count). The monoisotopic (exact) mass is 450 g/mol. The number of halogens is 1. The number of aromatic nitrogens is 1. The van der Waals surface area contributed by atoms with E-state index in [1.807, 2.05) is 42.5 Å². The molecule has 7 heteroatoms. The van der Waals surface area contributed by atoms with Gasteiger partial charge in [-0.3, -0.25) is 0 Å². The summed E-state index contributed by atoms with van der Waals surface area (Å²) in [6, 6.07) is 21.6. The minimum Gasteiger partial charge on any atom is -0.459 e. The number of rotatable bonds is 5. The SMILES string of the molecule is O=C(O[C@H]1CCN(C(=O)OCc2ccccc2)[C@H](c2ccc(Cl)nc2)C1)c1ccccc1. The molecule has 2 heterocycles. The molecule has 0 radical (unpaired) electrons. The van der Waals surface area contributed by atoms with Crippen molar-refractivity contribution in [2.24, 2.45) is 0 Å². The van der Waals surface area contributed by atoms with Crippen molar-refractivity contribution in [1.29, 1.82) is 0 Å². The number of pyridine rings is 1. The summed E-state index contributed by atoms with van der Waals surface area (Å²) < 4.78 is 11.3. The summed E-state index contributed by atoms with van der Waals surface area (Å²) in [5.41, 5.74) is 2.23. The van der Waals surface area contributed by atoms with E-state index in [0.29, 0.717) is 30.1 Å². The van der Waals surface area contributed by atoms with E-state index in [9.17, 15) is 9.59 Å². The maximum Gasteiger partial charge on any atom is 0.410 e. The number of carbonyl (C=O) groups excluding carboxylic acids is 2. The first-order chi connectivity index (χ1) is 15.6. The van der Waals surface area contributed by atoms with Crippen molar-refractivity contribution in [3.63, 3.8) is 0 Å². The number of carbonyl (C=O) groups is 2. The molecule has 1 aliphatic heterocycles. The summed E-state index contributed by atoms with van der Waals surface area (Å²) in [4.78, 5) is 31.3. The van der Waals surface area contributed by atoms with E-state index in [1.54, 1.807) is 41.4 Å². The van der Waals surface area contributed by atoms with Crippen LogP contribution in [0.5, 0.6) is 0 Å². The van der Waals surface area contributed by atoms with Crippen LogP contribution in [-0.2, 0) is 16.1 Å². The summed E-state index contributed by atoms with van der Waals surface area (Å²) >= 11 is 5.95. The molecule has 1 aromatic heterocycles. The Labute approximate surface area is 191 Å². The molecule has 164 valence electrons. The highest BCUT2D eigenvalue weighted by Crippen LogP contribution is 2.33. The topological polar surface area (TPSA) is 68.7 Å². The van der Waals surface area contributed by atoms with Gasteiger partial charge in [0.2, 0.25) is 0 Å². The molecule has 2 atom stereocenters. The molecule has 3 aromatic rings. The summed E-state index contributed by atoms with van der Waals surface area (Å²) in [5, 5.41) is 0.370. The van der Waals surface area contributed by atoms with E-state index >= 15 is 0 Å². The maximum atomic E-state index is 12.9. The molecule has 0 saturated carbocycles. The fourth-order valence-electron chi connectivity index (χ4n) is 3.75. The van der Waals surface area contributed by atoms with Crippen LogP contribution < -0.4 is 0 Å². The van der Waals surface area contributed by atoms with Crippen molar-refractivity contribution in [2.75, 3.05) is 6.54 Å². The predicted octanol–water partition coefficient (Wildman–Crippen LogP) is 5.43. The second-order valence-electron chi connectivity index (χ2n) is 7.58. The van der Waals surface area contributed by atoms with Crippen LogP contribution in [0, 0.1) is 0 Å². The average molecular weight is 451 g/mol. The first kappa shape index (κ1) is 21.8. The molecule has 0 unspecified atom stereocenters. The number of hydrogen-bond donors (Lipinski definition) is 0. The van der Waals surface area contributed by atoms with Gasteiger partial charge in [-0.15, -0.1) is 0 Å². The molecule has 1 saturated heterocycles. The maximum absolute atomic E-state index is 12.9. The summed E-state index contributed by atoms with van der Waals surface area (Å²) in [5.74, 6) is -0.372. The zero-order valence-electron chi connectivity index (χ0n) is 17.4. The normalized spacial score (nSPS) is 18.1. The molecular formula is C25H23ClN2O4. The lowest BCUT2D eigenvalue weighted by molar-refractivity contribution is -0.00512. The number of ether oxygens (including phenoxy) is 2. The third kappa shape index (κ3) is 5.45. The molecule has 1 amide bonds. The zero-order valence-corrected chi connectivity index (χ0v) is 18.1. The van der Waals surface area contributed by atoms with Gasteiger partial charge in [0.15, 0.2) is 0 Å². The Morgan fingerprint density at radius 2 is 1.72 bits per heavy atom. The fraction of sp³-hybridized carbons (Fsp3) is 0.240. The minimum absolute atomic E-state index is 0.189. The highest BCUT2D eigenvalue weighted by molar-refractivity contribution is 6.29. The van der Waals surface area contributed by atoms with Crippen molar-refractivity contribution < 1.29 is 19.1 Å². The van der Waals surface area contributed by atoms with Gasteiger partial charge in [0.1, 0.15) is 17.9 Å². The van der Waals surface area contributed by atoms with Crippen LogP contribution in [0.3, 0.4) is 0 Å². The average Bonchev–Trinajstić information content (AvgIpc) is 2.84. The summed E-state index contributed by atoms with van der Waals surface area (Å²) in [6.07, 6.45) is 1.87. The zero-order chi connectivity index (χ0) is 22.3. The van der Waals surface area contributed by atoms with E-state index in [1.165, 1.54) is 0 Å². The molecule has 0 N–H and O–H groups in total. The standard InChI is InChI=1S/C25H23ClN2O4/c26-23-12-11-20(16-27-23)22-15-21(32-24(29)19-9-5-2-6-10-19)13-14-28(22)25(30)31-17-18-7-3-1-4-8-18/h1-12,16,21-22H,13-15,17H2/t21-,22-/m0/s1. The number of benzene rings is 2. The largest absolute Gasteiger partial charge is 0.459 e. The number of hydrogen-bond acceptors (Lipinski definition) is 5. The van der Waals surface area contributed by atoms with Gasteiger partial charge < -0.3 is 14.4 Å². The third-order valence-corrected chi connectivity index (χ3v) is 5.64. The van der Waals surface area contributed by atoms with E-state index in [-0.39, 0.29) is 24.7 Å². The Kier molecular flexibility index (Phi) is 7.02. The second kappa shape index (κ2) is 10.3.